The van der Waals surface area contributed by atoms with E-state index in [9.17, 15) is 0 Å². The van der Waals surface area contributed by atoms with Gasteiger partial charge in [-0.2, -0.15) is 0 Å². The standard InChI is InChI=1S/3CH3O3P.2Al/c3*1-4-5(2)3;;/h3*1H3;;/q3*-2;2*+3. The molecule has 0 aromatic rings. The third kappa shape index (κ3) is 4.50. The smallest absolute Gasteiger partial charge is 0.390 e. The van der Waals surface area contributed by atoms with Crippen molar-refractivity contribution in [1.29, 1.82) is 0 Å². The fourth-order valence-electron chi connectivity index (χ4n) is 0.797. The minimum atomic E-state index is -2.15. The number of hydrogen-bond acceptors (Lipinski definition) is 9. The lowest BCUT2D eigenvalue weighted by atomic mass is 11.8. The average Bonchev–Trinajstić information content (AvgIpc) is 2.24. The predicted octanol–water partition coefficient (Wildman–Crippen LogP) is 1.70. The molecule has 0 aromatic carbocycles. The lowest BCUT2D eigenvalue weighted by Gasteiger charge is -2.32. The maximum Gasteiger partial charge on any atom is 0.924 e. The van der Waals surface area contributed by atoms with E-state index in [0.29, 0.717) is 0 Å². The third-order valence-electron chi connectivity index (χ3n) is 1.48. The SMILES string of the molecule is COP1[O][Al]([O]P(OC)[O][Al]2[O]P(OC)[O]2)[O]1. The molecule has 0 unspecified atom stereocenters. The first kappa shape index (κ1) is 15.4. The molecule has 2 rings (SSSR count). The predicted molar refractivity (Wildman–Crippen MR) is 59.8 cm³/mol. The Morgan fingerprint density at radius 1 is 0.824 bits per heavy atom. The highest BCUT2D eigenvalue weighted by Gasteiger charge is 2.55. The van der Waals surface area contributed by atoms with Gasteiger partial charge >= 0.3 is 30.3 Å². The molecule has 0 radical (unpaired) electrons. The molecule has 2 aliphatic rings. The molecule has 0 bridgehead atoms. The molecular formula is C3H9Al2O9P3. The normalized spacial score (nSPS) is 21.9. The van der Waals surface area contributed by atoms with E-state index in [1.807, 2.05) is 0 Å². The molecular weight excluding hydrogens is 327 g/mol. The van der Waals surface area contributed by atoms with E-state index >= 15 is 0 Å². The number of hydrogen-bond donors (Lipinski definition) is 0. The van der Waals surface area contributed by atoms with Crippen molar-refractivity contribution in [3.05, 3.63) is 0 Å². The second kappa shape index (κ2) is 7.69. The largest absolute Gasteiger partial charge is 0.924 e. The first-order chi connectivity index (χ1) is 8.25. The summed E-state index contributed by atoms with van der Waals surface area (Å²) in [5, 5.41) is 0. The Morgan fingerprint density at radius 2 is 1.24 bits per heavy atom. The molecule has 2 heterocycles. The second-order valence-corrected chi connectivity index (χ2v) is 11.1. The van der Waals surface area contributed by atoms with Gasteiger partial charge in [0.25, 0.3) is 25.8 Å². The van der Waals surface area contributed by atoms with Gasteiger partial charge in [-0.3, -0.25) is 0 Å². The zero-order valence-corrected chi connectivity index (χ0v) is 14.2. The van der Waals surface area contributed by atoms with E-state index in [2.05, 4.69) is 0 Å². The van der Waals surface area contributed by atoms with Crippen LogP contribution in [-0.4, -0.2) is 51.6 Å². The third-order valence-corrected chi connectivity index (χ3v) is 10.6. The Kier molecular flexibility index (Phi) is 6.96. The average molecular weight is 336 g/mol. The van der Waals surface area contributed by atoms with E-state index in [1.54, 1.807) is 0 Å². The van der Waals surface area contributed by atoms with Crippen LogP contribution in [0.3, 0.4) is 0 Å². The van der Waals surface area contributed by atoms with E-state index in [-0.39, 0.29) is 0 Å². The van der Waals surface area contributed by atoms with Gasteiger partial charge in [0.2, 0.25) is 0 Å². The Labute approximate surface area is 112 Å². The van der Waals surface area contributed by atoms with Gasteiger partial charge in [0, 0.05) is 21.3 Å². The molecule has 2 saturated heterocycles. The lowest BCUT2D eigenvalue weighted by Crippen LogP contribution is -2.35. The van der Waals surface area contributed by atoms with Crippen molar-refractivity contribution in [1.82, 2.24) is 0 Å². The summed E-state index contributed by atoms with van der Waals surface area (Å²) < 4.78 is 46.1. The van der Waals surface area contributed by atoms with Gasteiger partial charge in [-0.1, -0.05) is 0 Å². The van der Waals surface area contributed by atoms with Crippen LogP contribution in [0.25, 0.3) is 0 Å². The maximum atomic E-state index is 5.34. The van der Waals surface area contributed by atoms with Crippen LogP contribution < -0.4 is 0 Å². The van der Waals surface area contributed by atoms with Crippen LogP contribution in [0.1, 0.15) is 0 Å². The van der Waals surface area contributed by atoms with Crippen LogP contribution in [0.15, 0.2) is 0 Å². The molecule has 0 aromatic heterocycles. The molecule has 0 atom stereocenters. The lowest BCUT2D eigenvalue weighted by molar-refractivity contribution is 0.151. The van der Waals surface area contributed by atoms with Gasteiger partial charge in [0.15, 0.2) is 0 Å². The molecule has 9 nitrogen and oxygen atoms in total. The van der Waals surface area contributed by atoms with Crippen LogP contribution >= 0.6 is 25.8 Å². The fourth-order valence-corrected chi connectivity index (χ4v) is 9.01. The van der Waals surface area contributed by atoms with Crippen LogP contribution in [-0.2, 0) is 35.0 Å². The van der Waals surface area contributed by atoms with Crippen molar-refractivity contribution in [3.8, 4) is 0 Å². The van der Waals surface area contributed by atoms with Crippen molar-refractivity contribution in [3.63, 3.8) is 0 Å². The Hall–Kier alpha value is 1.99. The van der Waals surface area contributed by atoms with Gasteiger partial charge in [0.1, 0.15) is 0 Å². The summed E-state index contributed by atoms with van der Waals surface area (Å²) >= 11 is -4.31. The van der Waals surface area contributed by atoms with Crippen molar-refractivity contribution in [2.45, 2.75) is 0 Å². The Bertz CT molecular complexity index is 216. The maximum absolute atomic E-state index is 5.34. The molecule has 14 heteroatoms. The minimum Gasteiger partial charge on any atom is -0.390 e. The summed E-state index contributed by atoms with van der Waals surface area (Å²) in [5.74, 6) is 0. The van der Waals surface area contributed by atoms with Crippen molar-refractivity contribution in [2.75, 3.05) is 21.3 Å². The molecule has 96 valence electrons. The van der Waals surface area contributed by atoms with Crippen molar-refractivity contribution < 1.29 is 35.0 Å². The topological polar surface area (TPSA) is 83.1 Å². The van der Waals surface area contributed by atoms with Crippen LogP contribution in [0.4, 0.5) is 0 Å². The monoisotopic (exact) mass is 336 g/mol. The highest BCUT2D eigenvalue weighted by Crippen LogP contribution is 2.56. The van der Waals surface area contributed by atoms with E-state index < -0.39 is 56.1 Å². The molecule has 0 spiro atoms. The van der Waals surface area contributed by atoms with E-state index in [4.69, 9.17) is 35.0 Å². The summed E-state index contributed by atoms with van der Waals surface area (Å²) in [5.41, 5.74) is 0. The molecule has 0 amide bonds. The second-order valence-electron chi connectivity index (χ2n) is 2.43. The molecule has 17 heavy (non-hydrogen) atoms. The summed E-state index contributed by atoms with van der Waals surface area (Å²) in [4.78, 5) is 0. The van der Waals surface area contributed by atoms with Crippen molar-refractivity contribution in [2.24, 2.45) is 0 Å². The zero-order chi connectivity index (χ0) is 12.3. The first-order valence-corrected chi connectivity index (χ1v) is 10.4. The fraction of sp³-hybridized carbons (Fsp3) is 1.00. The Balaban J connectivity index is 1.61. The molecule has 2 aliphatic heterocycles. The summed E-state index contributed by atoms with van der Waals surface area (Å²) in [6.07, 6.45) is 0. The molecule has 2 fully saturated rings. The molecule has 0 aliphatic carbocycles. The summed E-state index contributed by atoms with van der Waals surface area (Å²) in [6.45, 7) is 0. The van der Waals surface area contributed by atoms with Crippen molar-refractivity contribution >= 4 is 56.1 Å². The summed E-state index contributed by atoms with van der Waals surface area (Å²) in [7, 11) is 0.460. The quantitative estimate of drug-likeness (QED) is 0.509. The zero-order valence-electron chi connectivity index (χ0n) is 9.17. The summed E-state index contributed by atoms with van der Waals surface area (Å²) in [6, 6.07) is 0. The van der Waals surface area contributed by atoms with Crippen LogP contribution in [0.5, 0.6) is 0 Å². The minimum absolute atomic E-state index is 1.22. The van der Waals surface area contributed by atoms with Gasteiger partial charge in [-0.05, 0) is 0 Å². The van der Waals surface area contributed by atoms with Gasteiger partial charge in [-0.15, -0.1) is 0 Å². The highest BCUT2D eigenvalue weighted by atomic mass is 31.2. The first-order valence-electron chi connectivity index (χ1n) is 4.28. The molecule has 0 saturated carbocycles. The van der Waals surface area contributed by atoms with Gasteiger partial charge < -0.3 is 35.0 Å². The number of rotatable bonds is 7. The van der Waals surface area contributed by atoms with Crippen LogP contribution in [0, 0.1) is 0 Å². The van der Waals surface area contributed by atoms with Gasteiger partial charge in [0.05, 0.1) is 0 Å². The van der Waals surface area contributed by atoms with E-state index in [0.717, 1.165) is 0 Å². The Morgan fingerprint density at radius 3 is 1.53 bits per heavy atom. The van der Waals surface area contributed by atoms with Gasteiger partial charge in [-0.25, -0.2) is 0 Å². The van der Waals surface area contributed by atoms with Crippen LogP contribution in [0.2, 0.25) is 0 Å². The highest BCUT2D eigenvalue weighted by molar-refractivity contribution is 7.51. The molecule has 0 N–H and O–H groups in total. The van der Waals surface area contributed by atoms with E-state index in [1.165, 1.54) is 21.3 Å².